The lowest BCUT2D eigenvalue weighted by Gasteiger charge is -2.10. The van der Waals surface area contributed by atoms with Gasteiger partial charge in [-0.15, -0.1) is 6.58 Å². The van der Waals surface area contributed by atoms with E-state index in [1.807, 2.05) is 19.9 Å². The first-order valence-electron chi connectivity index (χ1n) is 8.24. The van der Waals surface area contributed by atoms with Crippen molar-refractivity contribution >= 4 is 28.7 Å². The number of aliphatic imine (C=N–C) groups is 1. The quantitative estimate of drug-likeness (QED) is 0.487. The van der Waals surface area contributed by atoms with Crippen LogP contribution in [-0.2, 0) is 9.59 Å². The first kappa shape index (κ1) is 18.9. The van der Waals surface area contributed by atoms with E-state index in [0.29, 0.717) is 11.6 Å². The van der Waals surface area contributed by atoms with Gasteiger partial charge in [0, 0.05) is 6.42 Å². The summed E-state index contributed by atoms with van der Waals surface area (Å²) in [7, 11) is 0. The lowest BCUT2D eigenvalue weighted by Crippen LogP contribution is -2.27. The molecule has 0 bridgehead atoms. The second kappa shape index (κ2) is 10.6. The van der Waals surface area contributed by atoms with Gasteiger partial charge in [0.15, 0.2) is 5.17 Å². The standard InChI is InChI=1S/C17H28N2O2S/c1-4-5-6-7-8-9-10-11-12-14(20)18-17-19-16(21)15(22-17)13(2)3/h4,13,15H,1,5-12H2,2-3H3,(H,18,19,20,21)/t15-/m1/s1. The molecule has 1 rings (SSSR count). The maximum atomic E-state index is 11.8. The normalized spacial score (nSPS) is 17.7. The number of allylic oxidation sites excluding steroid dienone is 1. The number of nitrogens with zero attached hydrogens (tertiary/aromatic N) is 1. The largest absolute Gasteiger partial charge is 0.305 e. The van der Waals surface area contributed by atoms with Gasteiger partial charge in [0.05, 0.1) is 5.25 Å². The number of carbonyl (C=O) groups is 2. The molecule has 1 atom stereocenters. The van der Waals surface area contributed by atoms with Crippen LogP contribution in [-0.4, -0.2) is 22.2 Å². The Morgan fingerprint density at radius 3 is 2.50 bits per heavy atom. The average molecular weight is 324 g/mol. The van der Waals surface area contributed by atoms with E-state index in [4.69, 9.17) is 0 Å². The van der Waals surface area contributed by atoms with Crippen molar-refractivity contribution in [3.05, 3.63) is 12.7 Å². The van der Waals surface area contributed by atoms with E-state index in [2.05, 4.69) is 16.9 Å². The molecule has 0 saturated heterocycles. The van der Waals surface area contributed by atoms with E-state index in [1.165, 1.54) is 37.4 Å². The van der Waals surface area contributed by atoms with Crippen LogP contribution in [0.3, 0.4) is 0 Å². The first-order chi connectivity index (χ1) is 10.5. The molecule has 5 heteroatoms. The van der Waals surface area contributed by atoms with Crippen molar-refractivity contribution in [2.24, 2.45) is 10.9 Å². The average Bonchev–Trinajstić information content (AvgIpc) is 2.82. The fourth-order valence-electron chi connectivity index (χ4n) is 2.30. The van der Waals surface area contributed by atoms with Crippen molar-refractivity contribution in [3.8, 4) is 0 Å². The van der Waals surface area contributed by atoms with Gasteiger partial charge in [-0.2, -0.15) is 4.99 Å². The van der Waals surface area contributed by atoms with Gasteiger partial charge in [-0.1, -0.05) is 57.4 Å². The molecular formula is C17H28N2O2S. The molecular weight excluding hydrogens is 296 g/mol. The van der Waals surface area contributed by atoms with E-state index >= 15 is 0 Å². The molecule has 0 radical (unpaired) electrons. The Morgan fingerprint density at radius 1 is 1.27 bits per heavy atom. The molecule has 2 amide bonds. The zero-order chi connectivity index (χ0) is 16.4. The summed E-state index contributed by atoms with van der Waals surface area (Å²) in [5, 5.41) is 3.08. The lowest BCUT2D eigenvalue weighted by molar-refractivity contribution is -0.119. The number of amides is 2. The fraction of sp³-hybridized carbons (Fsp3) is 0.706. The van der Waals surface area contributed by atoms with Crippen molar-refractivity contribution in [2.45, 2.75) is 70.5 Å². The van der Waals surface area contributed by atoms with Gasteiger partial charge in [0.25, 0.3) is 5.91 Å². The van der Waals surface area contributed by atoms with E-state index in [1.54, 1.807) is 0 Å². The van der Waals surface area contributed by atoms with Crippen LogP contribution >= 0.6 is 11.8 Å². The highest BCUT2D eigenvalue weighted by Crippen LogP contribution is 2.27. The summed E-state index contributed by atoms with van der Waals surface area (Å²) in [5.74, 6) is 0.0710. The Morgan fingerprint density at radius 2 is 1.91 bits per heavy atom. The Bertz CT molecular complexity index is 419. The van der Waals surface area contributed by atoms with Crippen LogP contribution < -0.4 is 5.32 Å². The van der Waals surface area contributed by atoms with Crippen molar-refractivity contribution in [1.29, 1.82) is 0 Å². The van der Waals surface area contributed by atoms with E-state index < -0.39 is 0 Å². The molecule has 1 N–H and O–H groups in total. The molecule has 0 saturated carbocycles. The number of rotatable bonds is 10. The van der Waals surface area contributed by atoms with E-state index in [-0.39, 0.29) is 23.0 Å². The number of unbranched alkanes of at least 4 members (excludes halogenated alkanes) is 6. The van der Waals surface area contributed by atoms with Crippen LogP contribution in [0.1, 0.15) is 65.2 Å². The first-order valence-corrected chi connectivity index (χ1v) is 9.12. The number of hydrogen-bond donors (Lipinski definition) is 1. The van der Waals surface area contributed by atoms with Gasteiger partial charge in [0.1, 0.15) is 0 Å². The Balaban J connectivity index is 2.08. The second-order valence-electron chi connectivity index (χ2n) is 6.03. The van der Waals surface area contributed by atoms with Crippen LogP contribution in [0.2, 0.25) is 0 Å². The van der Waals surface area contributed by atoms with Crippen LogP contribution in [0.4, 0.5) is 0 Å². The van der Waals surface area contributed by atoms with E-state index in [0.717, 1.165) is 19.3 Å². The van der Waals surface area contributed by atoms with Crippen molar-refractivity contribution in [2.75, 3.05) is 0 Å². The van der Waals surface area contributed by atoms with Gasteiger partial charge >= 0.3 is 0 Å². The van der Waals surface area contributed by atoms with Gasteiger partial charge < -0.3 is 5.32 Å². The van der Waals surface area contributed by atoms with Gasteiger partial charge in [-0.25, -0.2) is 0 Å². The molecule has 124 valence electrons. The number of carbonyl (C=O) groups excluding carboxylic acids is 2. The van der Waals surface area contributed by atoms with Crippen molar-refractivity contribution < 1.29 is 9.59 Å². The summed E-state index contributed by atoms with van der Waals surface area (Å²) < 4.78 is 0. The summed E-state index contributed by atoms with van der Waals surface area (Å²) in [6, 6.07) is 0. The fourth-order valence-corrected chi connectivity index (χ4v) is 3.28. The van der Waals surface area contributed by atoms with Crippen LogP contribution in [0, 0.1) is 5.92 Å². The Labute approximate surface area is 138 Å². The molecule has 1 aliphatic heterocycles. The number of hydrogen-bond acceptors (Lipinski definition) is 3. The lowest BCUT2D eigenvalue weighted by atomic mass is 10.1. The third kappa shape index (κ3) is 7.25. The SMILES string of the molecule is C=CCCCCCCCCC(=O)NC1=NC(=O)[C@@H](C(C)C)S1. The minimum Gasteiger partial charge on any atom is -0.305 e. The maximum absolute atomic E-state index is 11.8. The third-order valence-electron chi connectivity index (χ3n) is 3.61. The predicted octanol–water partition coefficient (Wildman–Crippen LogP) is 4.06. The molecule has 4 nitrogen and oxygen atoms in total. The highest BCUT2D eigenvalue weighted by molar-refractivity contribution is 8.15. The minimum absolute atomic E-state index is 0.0323. The molecule has 0 aromatic heterocycles. The molecule has 22 heavy (non-hydrogen) atoms. The summed E-state index contributed by atoms with van der Waals surface area (Å²) in [5.41, 5.74) is 0. The number of thioether (sulfide) groups is 1. The molecule has 0 aromatic rings. The smallest absolute Gasteiger partial charge is 0.261 e. The number of amidine groups is 1. The third-order valence-corrected chi connectivity index (χ3v) is 5.02. The zero-order valence-corrected chi connectivity index (χ0v) is 14.6. The Hall–Kier alpha value is -1.10. The van der Waals surface area contributed by atoms with Gasteiger partial charge in [-0.3, -0.25) is 9.59 Å². The molecule has 1 aliphatic rings. The molecule has 0 spiro atoms. The van der Waals surface area contributed by atoms with Crippen molar-refractivity contribution in [3.63, 3.8) is 0 Å². The van der Waals surface area contributed by atoms with Crippen LogP contribution in [0.25, 0.3) is 0 Å². The summed E-state index contributed by atoms with van der Waals surface area (Å²) in [4.78, 5) is 27.4. The maximum Gasteiger partial charge on any atom is 0.261 e. The van der Waals surface area contributed by atoms with Crippen molar-refractivity contribution in [1.82, 2.24) is 5.32 Å². The molecule has 0 aromatic carbocycles. The highest BCUT2D eigenvalue weighted by atomic mass is 32.2. The second-order valence-corrected chi connectivity index (χ2v) is 7.16. The van der Waals surface area contributed by atoms with Gasteiger partial charge in [-0.05, 0) is 25.2 Å². The summed E-state index contributed by atoms with van der Waals surface area (Å²) >= 11 is 1.37. The molecule has 0 unspecified atom stereocenters. The van der Waals surface area contributed by atoms with Crippen LogP contribution in [0.15, 0.2) is 17.6 Å². The highest BCUT2D eigenvalue weighted by Gasteiger charge is 2.31. The van der Waals surface area contributed by atoms with E-state index in [9.17, 15) is 9.59 Å². The zero-order valence-electron chi connectivity index (χ0n) is 13.8. The minimum atomic E-state index is -0.147. The monoisotopic (exact) mass is 324 g/mol. The summed E-state index contributed by atoms with van der Waals surface area (Å²) in [6.07, 6.45) is 10.4. The number of nitrogens with one attached hydrogen (secondary N) is 1. The molecule has 1 heterocycles. The Kier molecular flexibility index (Phi) is 9.13. The predicted molar refractivity (Wildman–Crippen MR) is 93.9 cm³/mol. The molecule has 0 aliphatic carbocycles. The topological polar surface area (TPSA) is 58.5 Å². The van der Waals surface area contributed by atoms with Gasteiger partial charge in [0.2, 0.25) is 5.91 Å². The molecule has 0 fully saturated rings. The summed E-state index contributed by atoms with van der Waals surface area (Å²) in [6.45, 7) is 7.69. The van der Waals surface area contributed by atoms with Crippen LogP contribution in [0.5, 0.6) is 0 Å².